The van der Waals surface area contributed by atoms with Gasteiger partial charge in [0, 0.05) is 25.2 Å². The largest absolute Gasteiger partial charge is 0.796 e. The van der Waals surface area contributed by atoms with Crippen LogP contribution >= 0.6 is 0 Å². The van der Waals surface area contributed by atoms with Crippen LogP contribution in [0.2, 0.25) is 0 Å². The Labute approximate surface area is 157 Å². The van der Waals surface area contributed by atoms with E-state index < -0.39 is 13.3 Å². The van der Waals surface area contributed by atoms with Gasteiger partial charge < -0.3 is 9.55 Å². The summed E-state index contributed by atoms with van der Waals surface area (Å²) in [4.78, 5) is 14.6. The average Bonchev–Trinajstić information content (AvgIpc) is 2.66. The Bertz CT molecular complexity index is 985. The van der Waals surface area contributed by atoms with Crippen LogP contribution in [0.15, 0.2) is 66.7 Å². The number of benzene rings is 3. The molecular weight excluding hydrogens is 347 g/mol. The number of halogens is 2. The normalized spacial score (nSPS) is 11.0. The number of rotatable bonds is 6. The Morgan fingerprint density at radius 3 is 2.37 bits per heavy atom. The minimum atomic E-state index is -3.01. The summed E-state index contributed by atoms with van der Waals surface area (Å²) >= 11 is 0. The van der Waals surface area contributed by atoms with Crippen LogP contribution in [0.1, 0.15) is 15.9 Å². The molecule has 0 saturated heterocycles. The third kappa shape index (κ3) is 4.34. The van der Waals surface area contributed by atoms with Crippen molar-refractivity contribution in [1.82, 2.24) is 0 Å². The van der Waals surface area contributed by atoms with E-state index in [1.165, 1.54) is 12.1 Å². The van der Waals surface area contributed by atoms with Crippen LogP contribution < -0.4 is 9.55 Å². The van der Waals surface area contributed by atoms with Crippen molar-refractivity contribution < 1.29 is 18.1 Å². The van der Waals surface area contributed by atoms with Gasteiger partial charge in [-0.05, 0) is 35.2 Å². The van der Waals surface area contributed by atoms with Crippen LogP contribution in [-0.2, 0) is 0 Å². The van der Waals surface area contributed by atoms with Gasteiger partial charge in [0.25, 0.3) is 0 Å². The van der Waals surface area contributed by atoms with Crippen LogP contribution in [0.25, 0.3) is 16.8 Å². The molecule has 6 heteroatoms. The molecule has 0 radical (unpaired) electrons. The maximum Gasteiger partial charge on any atom is 0.796 e. The summed E-state index contributed by atoms with van der Waals surface area (Å²) in [5.74, 6) is -0.492. The molecule has 0 fully saturated rings. The molecule has 0 bridgehead atoms. The van der Waals surface area contributed by atoms with Crippen molar-refractivity contribution in [2.45, 2.75) is 0 Å². The zero-order valence-electron chi connectivity index (χ0n) is 15.0. The summed E-state index contributed by atoms with van der Waals surface area (Å²) in [6.45, 7) is 0. The van der Waals surface area contributed by atoms with Gasteiger partial charge in [-0.15, -0.1) is 0 Å². The zero-order valence-corrected chi connectivity index (χ0v) is 15.0. The first kappa shape index (κ1) is 18.6. The molecule has 0 aliphatic rings. The highest BCUT2D eigenvalue weighted by Gasteiger charge is 2.23. The van der Waals surface area contributed by atoms with Gasteiger partial charge in [0.2, 0.25) is 0 Å². The molecule has 0 saturated carbocycles. The fourth-order valence-corrected chi connectivity index (χ4v) is 2.80. The third-order valence-electron chi connectivity index (χ3n) is 4.19. The fourth-order valence-electron chi connectivity index (χ4n) is 2.80. The molecule has 3 nitrogen and oxygen atoms in total. The minimum Gasteiger partial charge on any atom is -0.504 e. The average molecular weight is 365 g/mol. The smallest absolute Gasteiger partial charge is 0.504 e. The number of hydrogen-bond donors (Lipinski definition) is 0. The third-order valence-corrected chi connectivity index (χ3v) is 4.19. The van der Waals surface area contributed by atoms with E-state index in [9.17, 15) is 13.4 Å². The molecule has 0 aliphatic heterocycles. The Balaban J connectivity index is 1.92. The van der Waals surface area contributed by atoms with Gasteiger partial charge in [0.15, 0.2) is 5.78 Å². The van der Waals surface area contributed by atoms with E-state index in [-0.39, 0.29) is 11.3 Å². The summed E-state index contributed by atoms with van der Waals surface area (Å²) in [6.07, 6.45) is 3.02. The number of carbonyl (C=O) groups excluding carboxylic acids is 1. The Morgan fingerprint density at radius 1 is 1.00 bits per heavy atom. The van der Waals surface area contributed by atoms with E-state index >= 15 is 0 Å². The lowest BCUT2D eigenvalue weighted by molar-refractivity contribution is 0.104. The standard InChI is InChI=1S/C21H18BF2NO2/c1-25(2)17-11-7-15(8-12-17)9-14-20(26)19-13-10-16-5-3-4-6-18(16)21(19)27-22(23)24/h3-14H,1-2H3/b14-9+. The Morgan fingerprint density at radius 2 is 1.70 bits per heavy atom. The summed E-state index contributed by atoms with van der Waals surface area (Å²) in [5, 5.41) is 1.21. The molecule has 3 aromatic rings. The molecule has 136 valence electrons. The first-order chi connectivity index (χ1) is 13.0. The molecule has 0 spiro atoms. The zero-order chi connectivity index (χ0) is 19.4. The molecule has 3 rings (SSSR count). The number of anilines is 1. The second-order valence-electron chi connectivity index (χ2n) is 6.23. The van der Waals surface area contributed by atoms with Crippen LogP contribution in [0.3, 0.4) is 0 Å². The first-order valence-corrected chi connectivity index (χ1v) is 8.42. The molecule has 0 aromatic heterocycles. The van der Waals surface area contributed by atoms with E-state index in [1.807, 2.05) is 43.3 Å². The Hall–Kier alpha value is -3.15. The predicted octanol–water partition coefficient (Wildman–Crippen LogP) is 5.10. The summed E-state index contributed by atoms with van der Waals surface area (Å²) < 4.78 is 30.5. The molecular formula is C21H18BF2NO2. The van der Waals surface area contributed by atoms with Crippen molar-refractivity contribution in [3.63, 3.8) is 0 Å². The van der Waals surface area contributed by atoms with Crippen molar-refractivity contribution in [2.24, 2.45) is 0 Å². The van der Waals surface area contributed by atoms with Crippen molar-refractivity contribution >= 4 is 35.8 Å². The lowest BCUT2D eigenvalue weighted by Gasteiger charge is -2.12. The second kappa shape index (κ2) is 8.04. The van der Waals surface area contributed by atoms with Gasteiger partial charge in [-0.2, -0.15) is 0 Å². The molecule has 0 atom stereocenters. The quantitative estimate of drug-likeness (QED) is 0.346. The molecule has 27 heavy (non-hydrogen) atoms. The number of hydrogen-bond acceptors (Lipinski definition) is 3. The van der Waals surface area contributed by atoms with Crippen molar-refractivity contribution in [3.05, 3.63) is 77.9 Å². The second-order valence-corrected chi connectivity index (χ2v) is 6.23. The van der Waals surface area contributed by atoms with E-state index in [0.29, 0.717) is 5.39 Å². The fraction of sp³-hybridized carbons (Fsp3) is 0.0952. The van der Waals surface area contributed by atoms with Crippen molar-refractivity contribution in [2.75, 3.05) is 19.0 Å². The first-order valence-electron chi connectivity index (χ1n) is 8.42. The van der Waals surface area contributed by atoms with Gasteiger partial charge in [0.1, 0.15) is 5.75 Å². The number of allylic oxidation sites excluding steroid dienone is 1. The van der Waals surface area contributed by atoms with Gasteiger partial charge in [-0.25, -0.2) is 8.63 Å². The van der Waals surface area contributed by atoms with Gasteiger partial charge in [-0.1, -0.05) is 48.5 Å². The number of carbonyl (C=O) groups is 1. The minimum absolute atomic E-state index is 0.0966. The van der Waals surface area contributed by atoms with Gasteiger partial charge >= 0.3 is 7.47 Å². The maximum absolute atomic E-state index is 12.9. The summed E-state index contributed by atoms with van der Waals surface area (Å²) in [7, 11) is 0.877. The van der Waals surface area contributed by atoms with Crippen LogP contribution in [0, 0.1) is 0 Å². The van der Waals surface area contributed by atoms with Crippen LogP contribution in [0.4, 0.5) is 14.3 Å². The molecule has 0 heterocycles. The molecule has 0 aliphatic carbocycles. The van der Waals surface area contributed by atoms with E-state index in [0.717, 1.165) is 16.6 Å². The lowest BCUT2D eigenvalue weighted by Crippen LogP contribution is -2.12. The predicted molar refractivity (Wildman–Crippen MR) is 107 cm³/mol. The highest BCUT2D eigenvalue weighted by Crippen LogP contribution is 2.31. The molecule has 0 unspecified atom stereocenters. The van der Waals surface area contributed by atoms with E-state index in [2.05, 4.69) is 4.65 Å². The number of ketones is 1. The lowest BCUT2D eigenvalue weighted by atomic mass is 10.0. The van der Waals surface area contributed by atoms with E-state index in [4.69, 9.17) is 0 Å². The summed E-state index contributed by atoms with van der Waals surface area (Å²) in [5.41, 5.74) is 1.99. The monoisotopic (exact) mass is 365 g/mol. The SMILES string of the molecule is CN(C)c1ccc(/C=C/C(=O)c2ccc3ccccc3c2OB(F)F)cc1. The van der Waals surface area contributed by atoms with Gasteiger partial charge in [-0.3, -0.25) is 4.79 Å². The molecule has 0 amide bonds. The summed E-state index contributed by atoms with van der Waals surface area (Å²) in [6, 6.07) is 17.8. The highest BCUT2D eigenvalue weighted by molar-refractivity contribution is 6.36. The highest BCUT2D eigenvalue weighted by atomic mass is 19.2. The Kier molecular flexibility index (Phi) is 5.55. The maximum atomic E-state index is 12.9. The molecule has 0 N–H and O–H groups in total. The number of fused-ring (bicyclic) bond motifs is 1. The van der Waals surface area contributed by atoms with Crippen LogP contribution in [0.5, 0.6) is 5.75 Å². The van der Waals surface area contributed by atoms with Crippen molar-refractivity contribution in [1.29, 1.82) is 0 Å². The van der Waals surface area contributed by atoms with E-state index in [1.54, 1.807) is 36.4 Å². The molecule has 3 aromatic carbocycles. The van der Waals surface area contributed by atoms with Gasteiger partial charge in [0.05, 0.1) is 5.56 Å². The van der Waals surface area contributed by atoms with Crippen molar-refractivity contribution in [3.8, 4) is 5.75 Å². The number of nitrogens with zero attached hydrogens (tertiary/aromatic N) is 1. The van der Waals surface area contributed by atoms with Crippen LogP contribution in [-0.4, -0.2) is 27.3 Å². The topological polar surface area (TPSA) is 29.5 Å².